The van der Waals surface area contributed by atoms with E-state index in [2.05, 4.69) is 5.32 Å². The minimum Gasteiger partial charge on any atom is -0.332 e. The molecular formula is C17H18ClF3N2O. The minimum atomic E-state index is -4.50. The monoisotopic (exact) mass is 358 g/mol. The zero-order chi connectivity index (χ0) is 17.3. The Morgan fingerprint density at radius 2 is 2.08 bits per heavy atom. The van der Waals surface area contributed by atoms with Gasteiger partial charge in [0.05, 0.1) is 10.6 Å². The van der Waals surface area contributed by atoms with Crippen LogP contribution in [0.3, 0.4) is 0 Å². The van der Waals surface area contributed by atoms with Gasteiger partial charge in [-0.05, 0) is 37.4 Å². The van der Waals surface area contributed by atoms with E-state index in [1.54, 1.807) is 11.0 Å². The van der Waals surface area contributed by atoms with Gasteiger partial charge in [-0.1, -0.05) is 29.8 Å². The van der Waals surface area contributed by atoms with Crippen molar-refractivity contribution in [1.82, 2.24) is 10.2 Å². The summed E-state index contributed by atoms with van der Waals surface area (Å²) in [6, 6.07) is 3.93. The second kappa shape index (κ2) is 6.76. The number of rotatable bonds is 4. The van der Waals surface area contributed by atoms with E-state index in [1.807, 2.05) is 6.08 Å². The van der Waals surface area contributed by atoms with Gasteiger partial charge in [0.25, 0.3) is 5.91 Å². The Labute approximate surface area is 143 Å². The Bertz CT molecular complexity index is 668. The number of halogens is 4. The van der Waals surface area contributed by atoms with Crippen molar-refractivity contribution in [2.75, 3.05) is 13.1 Å². The standard InChI is InChI=1S/C17H18ClF3N2O/c18-15-12(3-1-5-14(15)17(19,20)21)10-23(13-6-7-13)16(24)11-4-2-8-22-9-11/h1,3-5,13,22H,2,6-10H2. The number of carbonyl (C=O) groups excluding carboxylic acids is 1. The Morgan fingerprint density at radius 1 is 1.33 bits per heavy atom. The van der Waals surface area contributed by atoms with E-state index in [1.165, 1.54) is 6.07 Å². The van der Waals surface area contributed by atoms with Crippen LogP contribution in [0.1, 0.15) is 30.4 Å². The van der Waals surface area contributed by atoms with E-state index in [0.717, 1.165) is 31.9 Å². The summed E-state index contributed by atoms with van der Waals surface area (Å²) < 4.78 is 39.0. The van der Waals surface area contributed by atoms with Gasteiger partial charge in [0.2, 0.25) is 0 Å². The first-order valence-corrected chi connectivity index (χ1v) is 8.31. The van der Waals surface area contributed by atoms with E-state index in [-0.39, 0.29) is 23.5 Å². The molecule has 1 heterocycles. The summed E-state index contributed by atoms with van der Waals surface area (Å²) in [7, 11) is 0. The van der Waals surface area contributed by atoms with Gasteiger partial charge in [-0.25, -0.2) is 0 Å². The molecule has 1 amide bonds. The Hall–Kier alpha value is -1.53. The van der Waals surface area contributed by atoms with Gasteiger partial charge in [-0.3, -0.25) is 4.79 Å². The smallest absolute Gasteiger partial charge is 0.332 e. The van der Waals surface area contributed by atoms with Crippen molar-refractivity contribution in [2.45, 2.75) is 38.0 Å². The van der Waals surface area contributed by atoms with Crippen molar-refractivity contribution in [3.05, 3.63) is 46.0 Å². The van der Waals surface area contributed by atoms with E-state index in [0.29, 0.717) is 17.7 Å². The summed E-state index contributed by atoms with van der Waals surface area (Å²) in [6.45, 7) is 1.43. The predicted molar refractivity (Wildman–Crippen MR) is 85.6 cm³/mol. The zero-order valence-corrected chi connectivity index (χ0v) is 13.8. The topological polar surface area (TPSA) is 32.3 Å². The van der Waals surface area contributed by atoms with Crippen LogP contribution < -0.4 is 5.32 Å². The van der Waals surface area contributed by atoms with Crippen LogP contribution in [-0.2, 0) is 17.5 Å². The van der Waals surface area contributed by atoms with Gasteiger partial charge >= 0.3 is 6.18 Å². The summed E-state index contributed by atoms with van der Waals surface area (Å²) in [5.74, 6) is -0.113. The van der Waals surface area contributed by atoms with Crippen LogP contribution >= 0.6 is 11.6 Å². The van der Waals surface area contributed by atoms with Gasteiger partial charge < -0.3 is 10.2 Å². The average Bonchev–Trinajstić information content (AvgIpc) is 3.38. The van der Waals surface area contributed by atoms with Crippen LogP contribution in [0.15, 0.2) is 29.8 Å². The quantitative estimate of drug-likeness (QED) is 0.888. The summed E-state index contributed by atoms with van der Waals surface area (Å²) in [5.41, 5.74) is 0.149. The number of hydrogen-bond donors (Lipinski definition) is 1. The predicted octanol–water partition coefficient (Wildman–Crippen LogP) is 3.77. The first-order valence-electron chi connectivity index (χ1n) is 7.93. The summed E-state index contributed by atoms with van der Waals surface area (Å²) in [5, 5.41) is 2.82. The third kappa shape index (κ3) is 3.75. The molecule has 0 radical (unpaired) electrons. The lowest BCUT2D eigenvalue weighted by molar-refractivity contribution is -0.137. The third-order valence-corrected chi connectivity index (χ3v) is 4.72. The highest BCUT2D eigenvalue weighted by Gasteiger charge is 2.37. The highest BCUT2D eigenvalue weighted by atomic mass is 35.5. The van der Waals surface area contributed by atoms with Crippen molar-refractivity contribution in [1.29, 1.82) is 0 Å². The number of benzene rings is 1. The molecule has 1 aliphatic heterocycles. The molecule has 1 aliphatic carbocycles. The van der Waals surface area contributed by atoms with Crippen molar-refractivity contribution < 1.29 is 18.0 Å². The Kier molecular flexibility index (Phi) is 4.88. The molecule has 7 heteroatoms. The number of carbonyl (C=O) groups is 1. The van der Waals surface area contributed by atoms with E-state index in [4.69, 9.17) is 11.6 Å². The van der Waals surface area contributed by atoms with Crippen LogP contribution in [-0.4, -0.2) is 29.9 Å². The maximum atomic E-state index is 13.0. The maximum absolute atomic E-state index is 13.0. The molecule has 0 atom stereocenters. The van der Waals surface area contributed by atoms with Gasteiger partial charge in [0.1, 0.15) is 0 Å². The summed E-state index contributed by atoms with van der Waals surface area (Å²) in [6.07, 6.45) is -0.0603. The molecule has 1 fully saturated rings. The molecule has 0 bridgehead atoms. The van der Waals surface area contributed by atoms with Gasteiger partial charge in [-0.2, -0.15) is 13.2 Å². The zero-order valence-electron chi connectivity index (χ0n) is 13.0. The number of alkyl halides is 3. The highest BCUT2D eigenvalue weighted by molar-refractivity contribution is 6.32. The Morgan fingerprint density at radius 3 is 2.67 bits per heavy atom. The van der Waals surface area contributed by atoms with E-state index < -0.39 is 11.7 Å². The lowest BCUT2D eigenvalue weighted by atomic mass is 10.1. The first-order chi connectivity index (χ1) is 11.4. The molecular weight excluding hydrogens is 341 g/mol. The molecule has 1 saturated carbocycles. The number of nitrogens with one attached hydrogen (secondary N) is 1. The van der Waals surface area contributed by atoms with Crippen LogP contribution in [0, 0.1) is 0 Å². The fraction of sp³-hybridized carbons (Fsp3) is 0.471. The minimum absolute atomic E-state index is 0.0888. The van der Waals surface area contributed by atoms with Crippen LogP contribution in [0.25, 0.3) is 0 Å². The number of hydrogen-bond acceptors (Lipinski definition) is 2. The average molecular weight is 359 g/mol. The third-order valence-electron chi connectivity index (χ3n) is 4.28. The van der Waals surface area contributed by atoms with E-state index >= 15 is 0 Å². The lowest BCUT2D eigenvalue weighted by Gasteiger charge is -2.26. The van der Waals surface area contributed by atoms with Gasteiger partial charge in [0, 0.05) is 24.7 Å². The van der Waals surface area contributed by atoms with Gasteiger partial charge in [-0.15, -0.1) is 0 Å². The number of nitrogens with zero attached hydrogens (tertiary/aromatic N) is 1. The van der Waals surface area contributed by atoms with Crippen LogP contribution in [0.2, 0.25) is 5.02 Å². The Balaban J connectivity index is 1.84. The molecule has 0 aromatic heterocycles. The summed E-state index contributed by atoms with van der Waals surface area (Å²) in [4.78, 5) is 14.4. The van der Waals surface area contributed by atoms with Crippen molar-refractivity contribution in [2.24, 2.45) is 0 Å². The van der Waals surface area contributed by atoms with E-state index in [9.17, 15) is 18.0 Å². The molecule has 24 heavy (non-hydrogen) atoms. The normalized spacial score (nSPS) is 18.2. The van der Waals surface area contributed by atoms with Crippen molar-refractivity contribution in [3.63, 3.8) is 0 Å². The van der Waals surface area contributed by atoms with Crippen LogP contribution in [0.4, 0.5) is 13.2 Å². The fourth-order valence-electron chi connectivity index (χ4n) is 2.85. The highest BCUT2D eigenvalue weighted by Crippen LogP contribution is 2.38. The SMILES string of the molecule is O=C(C1=CCCNC1)N(Cc1cccc(C(F)(F)F)c1Cl)C1CC1. The number of amides is 1. The van der Waals surface area contributed by atoms with Crippen molar-refractivity contribution >= 4 is 17.5 Å². The molecule has 0 spiro atoms. The molecule has 3 rings (SSSR count). The second-order valence-electron chi connectivity index (χ2n) is 6.14. The molecule has 2 aliphatic rings. The lowest BCUT2D eigenvalue weighted by Crippen LogP contribution is -2.38. The maximum Gasteiger partial charge on any atom is 0.417 e. The molecule has 1 N–H and O–H groups in total. The molecule has 130 valence electrons. The largest absolute Gasteiger partial charge is 0.417 e. The first kappa shape index (κ1) is 17.3. The van der Waals surface area contributed by atoms with Gasteiger partial charge in [0.15, 0.2) is 0 Å². The summed E-state index contributed by atoms with van der Waals surface area (Å²) >= 11 is 5.97. The van der Waals surface area contributed by atoms with Crippen LogP contribution in [0.5, 0.6) is 0 Å². The second-order valence-corrected chi connectivity index (χ2v) is 6.51. The molecule has 3 nitrogen and oxygen atoms in total. The fourth-order valence-corrected chi connectivity index (χ4v) is 3.14. The molecule has 0 unspecified atom stereocenters. The molecule has 1 aromatic rings. The van der Waals surface area contributed by atoms with Crippen molar-refractivity contribution in [3.8, 4) is 0 Å². The molecule has 1 aromatic carbocycles. The molecule has 0 saturated heterocycles.